The summed E-state index contributed by atoms with van der Waals surface area (Å²) in [7, 11) is 0. The molecule has 4 heteroatoms. The number of carbonyl (C=O) groups excluding carboxylic acids is 1. The summed E-state index contributed by atoms with van der Waals surface area (Å²) >= 11 is 0. The number of carbonyl (C=O) groups is 1. The van der Waals surface area contributed by atoms with Crippen LogP contribution in [0.25, 0.3) is 0 Å². The van der Waals surface area contributed by atoms with Crippen LogP contribution in [0, 0.1) is 30.1 Å². The second-order valence-corrected chi connectivity index (χ2v) is 5.77. The molecule has 2 aliphatic rings. The molecule has 1 fully saturated rings. The van der Waals surface area contributed by atoms with E-state index in [1.165, 1.54) is 0 Å². The molecule has 0 bridgehead atoms. The molecule has 22 heavy (non-hydrogen) atoms. The number of allylic oxidation sites excluding steroid dienone is 2. The number of terminal acetylenes is 1. The van der Waals surface area contributed by atoms with Gasteiger partial charge in [0.05, 0.1) is 6.61 Å². The van der Waals surface area contributed by atoms with Crippen molar-refractivity contribution in [2.24, 2.45) is 5.92 Å². The Labute approximate surface area is 131 Å². The van der Waals surface area contributed by atoms with Gasteiger partial charge in [-0.15, -0.1) is 6.42 Å². The van der Waals surface area contributed by atoms with Crippen LogP contribution in [0.15, 0.2) is 24.0 Å². The van der Waals surface area contributed by atoms with E-state index in [9.17, 15) is 4.79 Å². The average molecular weight is 300 g/mol. The molecule has 0 radical (unpaired) electrons. The van der Waals surface area contributed by atoms with Crippen LogP contribution in [-0.4, -0.2) is 24.5 Å². The van der Waals surface area contributed by atoms with Crippen LogP contribution in [-0.2, 0) is 19.0 Å². The number of esters is 1. The van der Waals surface area contributed by atoms with Crippen LogP contribution in [0.2, 0.25) is 0 Å². The van der Waals surface area contributed by atoms with Gasteiger partial charge in [0.2, 0.25) is 5.79 Å². The van der Waals surface area contributed by atoms with Crippen LogP contribution in [0.1, 0.15) is 33.1 Å². The molecule has 0 aromatic heterocycles. The zero-order valence-corrected chi connectivity index (χ0v) is 12.9. The molecule has 0 N–H and O–H groups in total. The third-order valence-electron chi connectivity index (χ3n) is 3.35. The molecule has 0 aromatic carbocycles. The minimum atomic E-state index is -0.759. The SMILES string of the molecule is C#CC#C/C=C1/C=C[C@@]2(CC[C@H](OC(=O)CC(C)C)CO2)O1. The third-order valence-corrected chi connectivity index (χ3v) is 3.35. The van der Waals surface area contributed by atoms with Crippen molar-refractivity contribution in [3.63, 3.8) is 0 Å². The highest BCUT2D eigenvalue weighted by Gasteiger charge is 2.40. The van der Waals surface area contributed by atoms with Gasteiger partial charge in [0.1, 0.15) is 11.9 Å². The Kier molecular flexibility index (Phi) is 5.31. The number of ether oxygens (including phenoxy) is 3. The predicted molar refractivity (Wildman–Crippen MR) is 82.2 cm³/mol. The van der Waals surface area contributed by atoms with E-state index in [0.717, 1.165) is 0 Å². The second kappa shape index (κ2) is 7.20. The van der Waals surface area contributed by atoms with Gasteiger partial charge in [-0.3, -0.25) is 4.79 Å². The molecule has 0 aliphatic carbocycles. The van der Waals surface area contributed by atoms with Crippen molar-refractivity contribution >= 4 is 5.97 Å². The molecule has 0 unspecified atom stereocenters. The zero-order valence-electron chi connectivity index (χ0n) is 12.9. The predicted octanol–water partition coefficient (Wildman–Crippen LogP) is 2.56. The average Bonchev–Trinajstić information content (AvgIpc) is 2.84. The molecule has 0 saturated carbocycles. The lowest BCUT2D eigenvalue weighted by Crippen LogP contribution is -2.41. The normalized spacial score (nSPS) is 28.1. The van der Waals surface area contributed by atoms with Gasteiger partial charge in [-0.05, 0) is 36.3 Å². The first-order valence-corrected chi connectivity index (χ1v) is 7.41. The lowest BCUT2D eigenvalue weighted by Gasteiger charge is -2.35. The van der Waals surface area contributed by atoms with Gasteiger partial charge < -0.3 is 14.2 Å². The second-order valence-electron chi connectivity index (χ2n) is 5.77. The fourth-order valence-corrected chi connectivity index (χ4v) is 2.33. The van der Waals surface area contributed by atoms with E-state index in [1.807, 2.05) is 26.0 Å². The summed E-state index contributed by atoms with van der Waals surface area (Å²) < 4.78 is 16.9. The van der Waals surface area contributed by atoms with E-state index in [1.54, 1.807) is 6.08 Å². The molecule has 0 aromatic rings. The summed E-state index contributed by atoms with van der Waals surface area (Å²) in [5.41, 5.74) is 0. The minimum absolute atomic E-state index is 0.174. The van der Waals surface area contributed by atoms with Gasteiger partial charge in [-0.2, -0.15) is 0 Å². The van der Waals surface area contributed by atoms with Crippen molar-refractivity contribution in [1.82, 2.24) is 0 Å². The maximum atomic E-state index is 11.7. The Morgan fingerprint density at radius 3 is 3.09 bits per heavy atom. The quantitative estimate of drug-likeness (QED) is 0.593. The first kappa shape index (κ1) is 16.2. The first-order chi connectivity index (χ1) is 10.5. The molecule has 0 amide bonds. The van der Waals surface area contributed by atoms with Crippen LogP contribution in [0.5, 0.6) is 0 Å². The van der Waals surface area contributed by atoms with Crippen molar-refractivity contribution < 1.29 is 19.0 Å². The Hall–Kier alpha value is -2.17. The summed E-state index contributed by atoms with van der Waals surface area (Å²) in [6.45, 7) is 4.31. The smallest absolute Gasteiger partial charge is 0.306 e. The van der Waals surface area contributed by atoms with Crippen molar-refractivity contribution in [2.75, 3.05) is 6.61 Å². The van der Waals surface area contributed by atoms with Gasteiger partial charge in [-0.25, -0.2) is 0 Å². The lowest BCUT2D eigenvalue weighted by molar-refractivity contribution is -0.221. The van der Waals surface area contributed by atoms with E-state index >= 15 is 0 Å². The highest BCUT2D eigenvalue weighted by atomic mass is 16.7. The first-order valence-electron chi connectivity index (χ1n) is 7.41. The molecule has 2 heterocycles. The van der Waals surface area contributed by atoms with E-state index in [2.05, 4.69) is 17.8 Å². The molecule has 116 valence electrons. The molecule has 2 atom stereocenters. The monoisotopic (exact) mass is 300 g/mol. The molecule has 1 spiro atoms. The maximum absolute atomic E-state index is 11.7. The van der Waals surface area contributed by atoms with E-state index in [-0.39, 0.29) is 12.1 Å². The molecule has 2 aliphatic heterocycles. The fourth-order valence-electron chi connectivity index (χ4n) is 2.33. The Morgan fingerprint density at radius 1 is 1.64 bits per heavy atom. The Balaban J connectivity index is 1.83. The number of hydrogen-bond donors (Lipinski definition) is 0. The van der Waals surface area contributed by atoms with E-state index in [0.29, 0.717) is 37.5 Å². The number of hydrogen-bond acceptors (Lipinski definition) is 4. The van der Waals surface area contributed by atoms with Gasteiger partial charge >= 0.3 is 5.97 Å². The summed E-state index contributed by atoms with van der Waals surface area (Å²) in [4.78, 5) is 11.7. The summed E-state index contributed by atoms with van der Waals surface area (Å²) in [5.74, 6) is 7.42. The van der Waals surface area contributed by atoms with E-state index in [4.69, 9.17) is 20.6 Å². The van der Waals surface area contributed by atoms with Gasteiger partial charge in [-0.1, -0.05) is 19.8 Å². The van der Waals surface area contributed by atoms with Crippen LogP contribution in [0.4, 0.5) is 0 Å². The van der Waals surface area contributed by atoms with Crippen molar-refractivity contribution in [1.29, 1.82) is 0 Å². The Bertz CT molecular complexity index is 572. The zero-order chi connectivity index (χ0) is 16.0. The molecular formula is C18H20O4. The van der Waals surface area contributed by atoms with Crippen LogP contribution >= 0.6 is 0 Å². The minimum Gasteiger partial charge on any atom is -0.460 e. The number of rotatable bonds is 3. The summed E-state index contributed by atoms with van der Waals surface area (Å²) in [6, 6.07) is 0. The van der Waals surface area contributed by atoms with Gasteiger partial charge in [0.25, 0.3) is 0 Å². The van der Waals surface area contributed by atoms with Gasteiger partial charge in [0.15, 0.2) is 0 Å². The highest BCUT2D eigenvalue weighted by molar-refractivity contribution is 5.69. The van der Waals surface area contributed by atoms with E-state index < -0.39 is 5.79 Å². The molecule has 1 saturated heterocycles. The summed E-state index contributed by atoms with van der Waals surface area (Å²) in [5, 5.41) is 0. The third kappa shape index (κ3) is 4.41. The topological polar surface area (TPSA) is 44.8 Å². The van der Waals surface area contributed by atoms with Crippen molar-refractivity contribution in [2.45, 2.75) is 45.0 Å². The standard InChI is InChI=1S/C18H20O4/c1-4-5-6-7-15-8-10-18(22-15)11-9-16(13-20-18)21-17(19)12-14(2)3/h1,7-8,10,14,16H,9,11-13H2,2-3H3/b15-7-/t16-,18-/m0/s1. The molecular weight excluding hydrogens is 280 g/mol. The fraction of sp³-hybridized carbons (Fsp3) is 0.500. The lowest BCUT2D eigenvalue weighted by atomic mass is 10.0. The molecule has 4 nitrogen and oxygen atoms in total. The largest absolute Gasteiger partial charge is 0.460 e. The van der Waals surface area contributed by atoms with Crippen molar-refractivity contribution in [3.05, 3.63) is 24.0 Å². The molecule has 2 rings (SSSR count). The van der Waals surface area contributed by atoms with Crippen LogP contribution in [0.3, 0.4) is 0 Å². The highest BCUT2D eigenvalue weighted by Crippen LogP contribution is 2.35. The van der Waals surface area contributed by atoms with Crippen LogP contribution < -0.4 is 0 Å². The Morgan fingerprint density at radius 2 is 2.45 bits per heavy atom. The van der Waals surface area contributed by atoms with Crippen molar-refractivity contribution in [3.8, 4) is 24.2 Å². The summed E-state index contributed by atoms with van der Waals surface area (Å²) in [6.07, 6.45) is 11.9. The van der Waals surface area contributed by atoms with Gasteiger partial charge in [0, 0.05) is 18.9 Å². The maximum Gasteiger partial charge on any atom is 0.306 e.